The Hall–Kier alpha value is -2.20. The molecule has 1 aliphatic heterocycles. The molecular weight excluding hydrogens is 416 g/mol. The monoisotopic (exact) mass is 452 g/mol. The minimum absolute atomic E-state index is 0.0111. The lowest BCUT2D eigenvalue weighted by Crippen LogP contribution is -2.54. The predicted molar refractivity (Wildman–Crippen MR) is 123 cm³/mol. The molecule has 174 valence electrons. The number of hydrogen-bond acceptors (Lipinski definition) is 7. The molecule has 0 unspecified atom stereocenters. The Morgan fingerprint density at radius 1 is 1.39 bits per heavy atom. The normalized spacial score (nSPS) is 20.3. The highest BCUT2D eigenvalue weighted by Crippen LogP contribution is 2.44. The number of rotatable bonds is 6. The van der Waals surface area contributed by atoms with Crippen molar-refractivity contribution in [3.8, 4) is 0 Å². The second-order valence-electron chi connectivity index (χ2n) is 10.5. The van der Waals surface area contributed by atoms with E-state index in [4.69, 9.17) is 4.74 Å². The molecule has 2 rings (SSSR count). The van der Waals surface area contributed by atoms with Crippen LogP contribution in [0.3, 0.4) is 0 Å². The van der Waals surface area contributed by atoms with Crippen molar-refractivity contribution >= 4 is 25.8 Å². The van der Waals surface area contributed by atoms with Crippen LogP contribution >= 0.6 is 0 Å². The standard InChI is InChI=1S/C21H36N4O5Si/c1-20(2,3)30-19(26)23-16-9-11-24(17-8-10-22-13-18(17)25(27)28)14-15(16)12-21(4,5)31(6,7)29/h8,10,13,15-16,29H,9,11-12,14H2,1-7H3,(H,23,26)/t15-,16-/m1/s1. The molecule has 0 saturated carbocycles. The van der Waals surface area contributed by atoms with E-state index in [-0.39, 0.29) is 22.7 Å². The van der Waals surface area contributed by atoms with E-state index in [1.54, 1.807) is 12.3 Å². The predicted octanol–water partition coefficient (Wildman–Crippen LogP) is 4.08. The number of nitrogens with one attached hydrogen (secondary N) is 1. The fraction of sp³-hybridized carbons (Fsp3) is 0.714. The van der Waals surface area contributed by atoms with E-state index in [1.165, 1.54) is 6.20 Å². The highest BCUT2D eigenvalue weighted by Gasteiger charge is 2.43. The van der Waals surface area contributed by atoms with E-state index in [1.807, 2.05) is 38.8 Å². The Kier molecular flexibility index (Phi) is 7.37. The Balaban J connectivity index is 2.29. The van der Waals surface area contributed by atoms with Crippen LogP contribution in [0.5, 0.6) is 0 Å². The van der Waals surface area contributed by atoms with Crippen molar-refractivity contribution in [2.45, 2.75) is 77.2 Å². The molecule has 2 N–H and O–H groups in total. The minimum atomic E-state index is -2.49. The summed E-state index contributed by atoms with van der Waals surface area (Å²) in [4.78, 5) is 40.2. The van der Waals surface area contributed by atoms with E-state index < -0.39 is 24.9 Å². The molecule has 1 saturated heterocycles. The Bertz CT molecular complexity index is 804. The lowest BCUT2D eigenvalue weighted by atomic mass is 9.84. The lowest BCUT2D eigenvalue weighted by molar-refractivity contribution is -0.384. The zero-order valence-electron chi connectivity index (χ0n) is 19.6. The number of nitrogens with zero attached hydrogens (tertiary/aromatic N) is 3. The van der Waals surface area contributed by atoms with Crippen molar-refractivity contribution in [2.75, 3.05) is 18.0 Å². The molecule has 0 spiro atoms. The number of ether oxygens (including phenoxy) is 1. The van der Waals surface area contributed by atoms with Crippen molar-refractivity contribution < 1.29 is 19.3 Å². The maximum absolute atomic E-state index is 12.4. The molecule has 1 amide bonds. The van der Waals surface area contributed by atoms with Gasteiger partial charge in [-0.05, 0) is 63.7 Å². The highest BCUT2D eigenvalue weighted by molar-refractivity contribution is 6.72. The summed E-state index contributed by atoms with van der Waals surface area (Å²) in [6, 6.07) is 1.51. The van der Waals surface area contributed by atoms with Gasteiger partial charge in [-0.2, -0.15) is 0 Å². The highest BCUT2D eigenvalue weighted by atomic mass is 28.4. The van der Waals surface area contributed by atoms with Gasteiger partial charge in [0.05, 0.1) is 4.92 Å². The van der Waals surface area contributed by atoms with E-state index in [2.05, 4.69) is 24.1 Å². The van der Waals surface area contributed by atoms with Crippen LogP contribution < -0.4 is 10.2 Å². The number of pyridine rings is 1. The summed E-state index contributed by atoms with van der Waals surface area (Å²) in [5.74, 6) is -0.0111. The van der Waals surface area contributed by atoms with Gasteiger partial charge in [0.25, 0.3) is 0 Å². The molecule has 1 aromatic heterocycles. The fourth-order valence-corrected chi connectivity index (χ4v) is 4.56. The van der Waals surface area contributed by atoms with Crippen LogP contribution in [-0.2, 0) is 4.74 Å². The van der Waals surface area contributed by atoms with Gasteiger partial charge in [0.2, 0.25) is 0 Å². The number of anilines is 1. The fourth-order valence-electron chi connectivity index (χ4n) is 3.80. The molecular formula is C21H36N4O5Si. The van der Waals surface area contributed by atoms with Gasteiger partial charge in [-0.3, -0.25) is 15.1 Å². The maximum Gasteiger partial charge on any atom is 0.407 e. The lowest BCUT2D eigenvalue weighted by Gasteiger charge is -2.45. The molecule has 10 heteroatoms. The van der Waals surface area contributed by atoms with Crippen molar-refractivity contribution in [1.29, 1.82) is 0 Å². The number of piperidine rings is 1. The van der Waals surface area contributed by atoms with Gasteiger partial charge in [-0.1, -0.05) is 13.8 Å². The largest absolute Gasteiger partial charge is 0.444 e. The molecule has 1 aromatic rings. The maximum atomic E-state index is 12.4. The van der Waals surface area contributed by atoms with Crippen molar-refractivity contribution in [3.63, 3.8) is 0 Å². The number of amides is 1. The van der Waals surface area contributed by atoms with Crippen LogP contribution in [0.1, 0.15) is 47.5 Å². The summed E-state index contributed by atoms with van der Waals surface area (Å²) >= 11 is 0. The topological polar surface area (TPSA) is 118 Å². The number of hydrogen-bond donors (Lipinski definition) is 2. The molecule has 1 aliphatic rings. The summed E-state index contributed by atoms with van der Waals surface area (Å²) in [6.45, 7) is 14.5. The van der Waals surface area contributed by atoms with Crippen molar-refractivity contribution in [1.82, 2.24) is 10.3 Å². The molecule has 31 heavy (non-hydrogen) atoms. The van der Waals surface area contributed by atoms with E-state index in [9.17, 15) is 19.7 Å². The third-order valence-corrected chi connectivity index (χ3v) is 9.70. The van der Waals surface area contributed by atoms with Gasteiger partial charge in [-0.15, -0.1) is 0 Å². The smallest absolute Gasteiger partial charge is 0.407 e. The van der Waals surface area contributed by atoms with E-state index in [0.717, 1.165) is 0 Å². The number of nitro groups is 1. The van der Waals surface area contributed by atoms with Crippen LogP contribution in [-0.4, -0.2) is 53.8 Å². The minimum Gasteiger partial charge on any atom is -0.444 e. The van der Waals surface area contributed by atoms with Gasteiger partial charge in [0.1, 0.15) is 17.5 Å². The Morgan fingerprint density at radius 2 is 2.03 bits per heavy atom. The Labute approximate surface area is 185 Å². The van der Waals surface area contributed by atoms with Gasteiger partial charge < -0.3 is 19.7 Å². The molecule has 0 bridgehead atoms. The van der Waals surface area contributed by atoms with Crippen molar-refractivity contribution in [3.05, 3.63) is 28.6 Å². The van der Waals surface area contributed by atoms with Gasteiger partial charge in [-0.25, -0.2) is 4.79 Å². The third-order valence-electron chi connectivity index (χ3n) is 6.18. The van der Waals surface area contributed by atoms with Crippen LogP contribution in [0, 0.1) is 16.0 Å². The summed E-state index contributed by atoms with van der Waals surface area (Å²) in [6.07, 6.45) is 3.65. The molecule has 2 atom stereocenters. The van der Waals surface area contributed by atoms with E-state index >= 15 is 0 Å². The quantitative estimate of drug-likeness (QED) is 0.379. The molecule has 2 heterocycles. The first-order valence-corrected chi connectivity index (χ1v) is 13.6. The van der Waals surface area contributed by atoms with Gasteiger partial charge in [0.15, 0.2) is 8.32 Å². The zero-order chi connectivity index (χ0) is 23.6. The van der Waals surface area contributed by atoms with Gasteiger partial charge in [0, 0.05) is 25.3 Å². The molecule has 0 radical (unpaired) electrons. The zero-order valence-corrected chi connectivity index (χ0v) is 20.6. The second kappa shape index (κ2) is 9.11. The number of alkyl carbamates (subject to hydrolysis) is 1. The SMILES string of the molecule is CC(C)(C)OC(=O)N[C@@H]1CCN(c2ccncc2[N+](=O)[O-])C[C@H]1CC(C)(C)[Si](C)(C)O. The van der Waals surface area contributed by atoms with Crippen LogP contribution in [0.15, 0.2) is 18.5 Å². The molecule has 0 aromatic carbocycles. The third kappa shape index (κ3) is 6.64. The first-order chi connectivity index (χ1) is 14.1. The first-order valence-electron chi connectivity index (χ1n) is 10.7. The summed E-state index contributed by atoms with van der Waals surface area (Å²) < 4.78 is 5.45. The molecule has 1 fully saturated rings. The van der Waals surface area contributed by atoms with Crippen molar-refractivity contribution in [2.24, 2.45) is 5.92 Å². The van der Waals surface area contributed by atoms with Crippen LogP contribution in [0.25, 0.3) is 0 Å². The van der Waals surface area contributed by atoms with Crippen LogP contribution in [0.4, 0.5) is 16.2 Å². The first kappa shape index (κ1) is 25.1. The number of aromatic nitrogens is 1. The number of carbonyl (C=O) groups is 1. The summed E-state index contributed by atoms with van der Waals surface area (Å²) in [7, 11) is -2.49. The average Bonchev–Trinajstić information content (AvgIpc) is 2.60. The molecule has 9 nitrogen and oxygen atoms in total. The summed E-state index contributed by atoms with van der Waals surface area (Å²) in [5.41, 5.74) is -0.105. The second-order valence-corrected chi connectivity index (χ2v) is 15.0. The van der Waals surface area contributed by atoms with Gasteiger partial charge >= 0.3 is 11.8 Å². The Morgan fingerprint density at radius 3 is 2.58 bits per heavy atom. The van der Waals surface area contributed by atoms with Crippen LogP contribution in [0.2, 0.25) is 18.1 Å². The summed E-state index contributed by atoms with van der Waals surface area (Å²) in [5, 5.41) is 14.2. The molecule has 0 aliphatic carbocycles. The average molecular weight is 453 g/mol. The van der Waals surface area contributed by atoms with E-state index in [0.29, 0.717) is 31.6 Å². The number of carbonyl (C=O) groups excluding carboxylic acids is 1.